The van der Waals surface area contributed by atoms with Crippen molar-refractivity contribution in [2.24, 2.45) is 0 Å². The van der Waals surface area contributed by atoms with Gasteiger partial charge in [-0.3, -0.25) is 9.59 Å². The molecule has 4 nitrogen and oxygen atoms in total. The Morgan fingerprint density at radius 1 is 1.45 bits per heavy atom. The van der Waals surface area contributed by atoms with E-state index in [1.54, 1.807) is 0 Å². The molecule has 1 saturated heterocycles. The highest BCUT2D eigenvalue weighted by Crippen LogP contribution is 2.10. The molecule has 1 aliphatic heterocycles. The van der Waals surface area contributed by atoms with Gasteiger partial charge in [0.1, 0.15) is 0 Å². The molecule has 1 aliphatic rings. The van der Waals surface area contributed by atoms with Gasteiger partial charge >= 0.3 is 11.9 Å². The number of rotatable bonds is 2. The van der Waals surface area contributed by atoms with Gasteiger partial charge in [0.05, 0.1) is 0 Å². The zero-order valence-electron chi connectivity index (χ0n) is 5.70. The minimum Gasteiger partial charge on any atom is -0.424 e. The number of esters is 2. The van der Waals surface area contributed by atoms with Crippen molar-refractivity contribution in [1.29, 1.82) is 0 Å². The molecule has 0 N–H and O–H groups in total. The Labute approximate surface area is 63.8 Å². The van der Waals surface area contributed by atoms with Crippen molar-refractivity contribution in [3.05, 3.63) is 19.1 Å². The number of carbonyl (C=O) groups excluding carboxylic acids is 2. The summed E-state index contributed by atoms with van der Waals surface area (Å²) in [5.74, 6) is -1.57. The Bertz CT molecular complexity index is 181. The second kappa shape index (κ2) is 3.18. The molecule has 4 heteroatoms. The molecule has 1 heterocycles. The van der Waals surface area contributed by atoms with Crippen molar-refractivity contribution >= 4 is 11.9 Å². The summed E-state index contributed by atoms with van der Waals surface area (Å²) in [4.78, 5) is 21.0. The van der Waals surface area contributed by atoms with Crippen LogP contribution in [0.25, 0.3) is 0 Å². The van der Waals surface area contributed by atoms with Gasteiger partial charge in [-0.1, -0.05) is 6.08 Å². The van der Waals surface area contributed by atoms with Crippen LogP contribution in [0.5, 0.6) is 0 Å². The molecule has 11 heavy (non-hydrogen) atoms. The van der Waals surface area contributed by atoms with Crippen molar-refractivity contribution in [3.63, 3.8) is 0 Å². The average molecular weight is 154 g/mol. The second-order valence-electron chi connectivity index (χ2n) is 1.89. The van der Waals surface area contributed by atoms with Crippen LogP contribution in [0.3, 0.4) is 0 Å². The highest BCUT2D eigenvalue weighted by atomic mass is 16.7. The normalized spacial score (nSPS) is 18.9. The Balaban J connectivity index is 2.49. The van der Waals surface area contributed by atoms with Gasteiger partial charge in [-0.05, 0) is 0 Å². The van der Waals surface area contributed by atoms with E-state index in [0.717, 1.165) is 0 Å². The molecule has 58 valence electrons. The van der Waals surface area contributed by atoms with Gasteiger partial charge in [0.2, 0.25) is 6.42 Å². The largest absolute Gasteiger partial charge is 0.424 e. The van der Waals surface area contributed by atoms with Crippen molar-refractivity contribution in [2.45, 2.75) is 12.7 Å². The van der Waals surface area contributed by atoms with Crippen LogP contribution in [0, 0.1) is 6.42 Å². The molecule has 0 spiro atoms. The van der Waals surface area contributed by atoms with Crippen molar-refractivity contribution < 1.29 is 19.1 Å². The van der Waals surface area contributed by atoms with E-state index in [1.165, 1.54) is 6.08 Å². The SMILES string of the molecule is C=CCC1OC(=O)[C]C(=O)O1. The molecule has 0 aromatic heterocycles. The first-order chi connectivity index (χ1) is 5.22. The zero-order chi connectivity index (χ0) is 8.27. The van der Waals surface area contributed by atoms with Crippen LogP contribution in [-0.2, 0) is 19.1 Å². The average Bonchev–Trinajstić information content (AvgIpc) is 1.85. The van der Waals surface area contributed by atoms with Crippen LogP contribution in [-0.4, -0.2) is 18.2 Å². The monoisotopic (exact) mass is 154 g/mol. The number of hydrogen-bond donors (Lipinski definition) is 0. The highest BCUT2D eigenvalue weighted by molar-refractivity contribution is 6.04. The fourth-order valence-electron chi connectivity index (χ4n) is 0.637. The van der Waals surface area contributed by atoms with Crippen LogP contribution in [0.15, 0.2) is 12.7 Å². The molecule has 0 atom stereocenters. The third-order valence-electron chi connectivity index (χ3n) is 1.04. The minimum atomic E-state index is -0.825. The number of carbonyl (C=O) groups is 2. The molecule has 1 fully saturated rings. The molecular weight excluding hydrogens is 148 g/mol. The summed E-state index contributed by atoms with van der Waals surface area (Å²) in [6.07, 6.45) is 2.79. The number of cyclic esters (lactones) is 2. The summed E-state index contributed by atoms with van der Waals surface area (Å²) in [5.41, 5.74) is 0. The van der Waals surface area contributed by atoms with E-state index in [9.17, 15) is 9.59 Å². The van der Waals surface area contributed by atoms with E-state index in [2.05, 4.69) is 16.1 Å². The van der Waals surface area contributed by atoms with E-state index in [1.807, 2.05) is 6.42 Å². The molecule has 0 amide bonds. The Morgan fingerprint density at radius 2 is 2.00 bits per heavy atom. The summed E-state index contributed by atoms with van der Waals surface area (Å²) < 4.78 is 9.07. The molecule has 0 aromatic rings. The molecule has 1 rings (SSSR count). The predicted molar refractivity (Wildman–Crippen MR) is 34.0 cm³/mol. The Kier molecular flexibility index (Phi) is 2.25. The first-order valence-corrected chi connectivity index (χ1v) is 3.01. The maximum absolute atomic E-state index is 10.5. The minimum absolute atomic E-state index is 0.305. The Morgan fingerprint density at radius 3 is 2.45 bits per heavy atom. The summed E-state index contributed by atoms with van der Waals surface area (Å²) >= 11 is 0. The summed E-state index contributed by atoms with van der Waals surface area (Å²) in [5, 5.41) is 0. The van der Waals surface area contributed by atoms with Crippen LogP contribution in [0.4, 0.5) is 0 Å². The molecule has 0 bridgehead atoms. The van der Waals surface area contributed by atoms with Gasteiger partial charge in [-0.25, -0.2) is 0 Å². The van der Waals surface area contributed by atoms with Crippen LogP contribution < -0.4 is 0 Å². The first-order valence-electron chi connectivity index (χ1n) is 3.01. The molecule has 0 aliphatic carbocycles. The van der Waals surface area contributed by atoms with Crippen LogP contribution in [0.1, 0.15) is 6.42 Å². The summed E-state index contributed by atoms with van der Waals surface area (Å²) in [7, 11) is 0. The van der Waals surface area contributed by atoms with Gasteiger partial charge in [0, 0.05) is 6.42 Å². The molecule has 2 radical (unpaired) electrons. The van der Waals surface area contributed by atoms with E-state index in [4.69, 9.17) is 0 Å². The highest BCUT2D eigenvalue weighted by Gasteiger charge is 2.27. The van der Waals surface area contributed by atoms with Gasteiger partial charge in [0.15, 0.2) is 0 Å². The maximum Gasteiger partial charge on any atom is 0.330 e. The van der Waals surface area contributed by atoms with Crippen LogP contribution >= 0.6 is 0 Å². The van der Waals surface area contributed by atoms with Gasteiger partial charge in [-0.15, -0.1) is 6.58 Å². The zero-order valence-corrected chi connectivity index (χ0v) is 5.70. The first kappa shape index (κ1) is 7.78. The van der Waals surface area contributed by atoms with Gasteiger partial charge < -0.3 is 9.47 Å². The standard InChI is InChI=1S/C7H6O4/c1-2-3-7-10-5(8)4-6(9)11-7/h2,7H,1,3H2. The van der Waals surface area contributed by atoms with Crippen molar-refractivity contribution in [2.75, 3.05) is 0 Å². The third kappa shape index (κ3) is 2.07. The van der Waals surface area contributed by atoms with E-state index < -0.39 is 18.2 Å². The Hall–Kier alpha value is -1.32. The maximum atomic E-state index is 10.5. The number of ether oxygens (including phenoxy) is 2. The quantitative estimate of drug-likeness (QED) is 0.417. The lowest BCUT2D eigenvalue weighted by atomic mass is 10.3. The summed E-state index contributed by atoms with van der Waals surface area (Å²) in [6.45, 7) is 3.40. The molecule has 0 unspecified atom stereocenters. The van der Waals surface area contributed by atoms with Gasteiger partial charge in [-0.2, -0.15) is 0 Å². The lowest BCUT2D eigenvalue weighted by molar-refractivity contribution is -0.194. The number of hydrogen-bond acceptors (Lipinski definition) is 4. The molecule has 0 saturated carbocycles. The fraction of sp³-hybridized carbons (Fsp3) is 0.286. The second-order valence-corrected chi connectivity index (χ2v) is 1.89. The fourth-order valence-corrected chi connectivity index (χ4v) is 0.637. The predicted octanol–water partition coefficient (Wildman–Crippen LogP) is 0.0699. The lowest BCUT2D eigenvalue weighted by Gasteiger charge is -2.19. The molecular formula is C7H6O4. The third-order valence-corrected chi connectivity index (χ3v) is 1.04. The topological polar surface area (TPSA) is 52.6 Å². The van der Waals surface area contributed by atoms with Crippen molar-refractivity contribution in [1.82, 2.24) is 0 Å². The van der Waals surface area contributed by atoms with Crippen molar-refractivity contribution in [3.8, 4) is 0 Å². The van der Waals surface area contributed by atoms with Crippen LogP contribution in [0.2, 0.25) is 0 Å². The summed E-state index contributed by atoms with van der Waals surface area (Å²) in [6, 6.07) is 0. The van der Waals surface area contributed by atoms with Gasteiger partial charge in [0.25, 0.3) is 6.29 Å². The van der Waals surface area contributed by atoms with E-state index in [-0.39, 0.29) is 0 Å². The lowest BCUT2D eigenvalue weighted by Crippen LogP contribution is -2.32. The smallest absolute Gasteiger partial charge is 0.330 e. The van der Waals surface area contributed by atoms with E-state index >= 15 is 0 Å². The van der Waals surface area contributed by atoms with E-state index in [0.29, 0.717) is 6.42 Å². The molecule has 0 aromatic carbocycles.